The fraction of sp³-hybridized carbons (Fsp3) is 0.538. The number of anilines is 1. The van der Waals surface area contributed by atoms with Crippen molar-refractivity contribution in [1.82, 2.24) is 0 Å². The minimum atomic E-state index is 0.0458. The topological polar surface area (TPSA) is 32.7 Å². The van der Waals surface area contributed by atoms with Gasteiger partial charge in [0, 0.05) is 29.3 Å². The van der Waals surface area contributed by atoms with Gasteiger partial charge >= 0.3 is 0 Å². The molecule has 4 heteroatoms. The Morgan fingerprint density at radius 3 is 2.71 bits per heavy atom. The lowest BCUT2D eigenvalue weighted by molar-refractivity contribution is 0.0845. The molecule has 0 fully saturated rings. The Kier molecular flexibility index (Phi) is 5.95. The number of hydrogen-bond donors (Lipinski definition) is 1. The first kappa shape index (κ1) is 14.5. The van der Waals surface area contributed by atoms with E-state index in [4.69, 9.17) is 4.74 Å². The first-order valence-electron chi connectivity index (χ1n) is 5.76. The molecule has 0 radical (unpaired) electrons. The molecule has 1 N–H and O–H groups in total. The maximum absolute atomic E-state index is 9.33. The van der Waals surface area contributed by atoms with Gasteiger partial charge in [-0.1, -0.05) is 15.9 Å². The fourth-order valence-electron chi connectivity index (χ4n) is 1.60. The summed E-state index contributed by atoms with van der Waals surface area (Å²) in [4.78, 5) is 2.10. The van der Waals surface area contributed by atoms with E-state index in [2.05, 4.69) is 20.8 Å². The Balaban J connectivity index is 2.64. The van der Waals surface area contributed by atoms with Gasteiger partial charge in [0.1, 0.15) is 0 Å². The van der Waals surface area contributed by atoms with Crippen molar-refractivity contribution in [1.29, 1.82) is 0 Å². The fourth-order valence-corrected chi connectivity index (χ4v) is 2.01. The van der Waals surface area contributed by atoms with Crippen molar-refractivity contribution in [2.24, 2.45) is 0 Å². The molecule has 0 aliphatic carbocycles. The number of nitrogens with zero attached hydrogens (tertiary/aromatic N) is 1. The van der Waals surface area contributed by atoms with E-state index in [-0.39, 0.29) is 12.7 Å². The molecule has 0 aliphatic rings. The van der Waals surface area contributed by atoms with E-state index in [0.717, 1.165) is 22.3 Å². The van der Waals surface area contributed by atoms with Crippen molar-refractivity contribution in [3.8, 4) is 0 Å². The largest absolute Gasteiger partial charge is 0.392 e. The molecule has 0 unspecified atom stereocenters. The van der Waals surface area contributed by atoms with Crippen molar-refractivity contribution in [2.45, 2.75) is 26.6 Å². The Bertz CT molecular complexity index is 355. The molecule has 3 nitrogen and oxygen atoms in total. The highest BCUT2D eigenvalue weighted by molar-refractivity contribution is 9.10. The highest BCUT2D eigenvalue weighted by atomic mass is 79.9. The molecule has 0 saturated carbocycles. The molecule has 1 aromatic carbocycles. The van der Waals surface area contributed by atoms with Crippen molar-refractivity contribution in [3.63, 3.8) is 0 Å². The SMILES string of the molecule is CC(C)OCCN(C)c1ccc(Br)cc1CO. The third-order valence-corrected chi connectivity index (χ3v) is 2.99. The van der Waals surface area contributed by atoms with Crippen LogP contribution in [0, 0.1) is 0 Å². The highest BCUT2D eigenvalue weighted by Gasteiger charge is 2.07. The summed E-state index contributed by atoms with van der Waals surface area (Å²) in [5.41, 5.74) is 1.97. The molecule has 1 aromatic rings. The summed E-state index contributed by atoms with van der Waals surface area (Å²) < 4.78 is 6.50. The molecule has 17 heavy (non-hydrogen) atoms. The standard InChI is InChI=1S/C13H20BrNO2/c1-10(2)17-7-6-15(3)13-5-4-12(14)8-11(13)9-16/h4-5,8,10,16H,6-7,9H2,1-3H3. The van der Waals surface area contributed by atoms with Crippen molar-refractivity contribution in [2.75, 3.05) is 25.1 Å². The highest BCUT2D eigenvalue weighted by Crippen LogP contribution is 2.23. The maximum atomic E-state index is 9.33. The average Bonchev–Trinajstić information content (AvgIpc) is 2.28. The molecule has 96 valence electrons. The van der Waals surface area contributed by atoms with Crippen LogP contribution in [0.5, 0.6) is 0 Å². The van der Waals surface area contributed by atoms with Crippen LogP contribution >= 0.6 is 15.9 Å². The van der Waals surface area contributed by atoms with E-state index in [1.54, 1.807) is 0 Å². The van der Waals surface area contributed by atoms with Gasteiger partial charge in [-0.2, -0.15) is 0 Å². The second-order valence-electron chi connectivity index (χ2n) is 4.27. The van der Waals surface area contributed by atoms with Crippen molar-refractivity contribution < 1.29 is 9.84 Å². The first-order chi connectivity index (χ1) is 8.04. The van der Waals surface area contributed by atoms with E-state index < -0.39 is 0 Å². The minimum Gasteiger partial charge on any atom is -0.392 e. The Hall–Kier alpha value is -0.580. The van der Waals surface area contributed by atoms with Gasteiger partial charge in [0.15, 0.2) is 0 Å². The van der Waals surface area contributed by atoms with Crippen LogP contribution in [0.3, 0.4) is 0 Å². The number of halogens is 1. The quantitative estimate of drug-likeness (QED) is 0.877. The summed E-state index contributed by atoms with van der Waals surface area (Å²) in [6.07, 6.45) is 0.255. The normalized spacial score (nSPS) is 10.9. The molecule has 0 bridgehead atoms. The number of aliphatic hydroxyl groups excluding tert-OH is 1. The van der Waals surface area contributed by atoms with Gasteiger partial charge in [-0.3, -0.25) is 0 Å². The number of aliphatic hydroxyl groups is 1. The van der Waals surface area contributed by atoms with Crippen LogP contribution in [0.2, 0.25) is 0 Å². The van der Waals surface area contributed by atoms with Crippen molar-refractivity contribution in [3.05, 3.63) is 28.2 Å². The molecular weight excluding hydrogens is 282 g/mol. The molecule has 0 amide bonds. The van der Waals surface area contributed by atoms with E-state index in [1.165, 1.54) is 0 Å². The minimum absolute atomic E-state index is 0.0458. The number of rotatable bonds is 6. The van der Waals surface area contributed by atoms with E-state index in [9.17, 15) is 5.11 Å². The Labute approximate surface area is 112 Å². The maximum Gasteiger partial charge on any atom is 0.0702 e. The molecular formula is C13H20BrNO2. The molecule has 1 rings (SSSR count). The summed E-state index contributed by atoms with van der Waals surface area (Å²) >= 11 is 3.40. The zero-order chi connectivity index (χ0) is 12.8. The van der Waals surface area contributed by atoms with Gasteiger partial charge in [-0.15, -0.1) is 0 Å². The third-order valence-electron chi connectivity index (χ3n) is 2.50. The van der Waals surface area contributed by atoms with Crippen LogP contribution in [0.4, 0.5) is 5.69 Å². The average molecular weight is 302 g/mol. The Morgan fingerprint density at radius 1 is 1.41 bits per heavy atom. The van der Waals surface area contributed by atoms with Gasteiger partial charge < -0.3 is 14.7 Å². The summed E-state index contributed by atoms with van der Waals surface area (Å²) in [6, 6.07) is 5.93. The van der Waals surface area contributed by atoms with E-state index in [1.807, 2.05) is 39.1 Å². The first-order valence-corrected chi connectivity index (χ1v) is 6.56. The van der Waals surface area contributed by atoms with Crippen LogP contribution < -0.4 is 4.90 Å². The molecule has 0 heterocycles. The van der Waals surface area contributed by atoms with Crippen LogP contribution in [0.25, 0.3) is 0 Å². The predicted octanol–water partition coefficient (Wildman–Crippen LogP) is 2.80. The third kappa shape index (κ3) is 4.66. The summed E-state index contributed by atoms with van der Waals surface area (Å²) in [7, 11) is 2.01. The van der Waals surface area contributed by atoms with Gasteiger partial charge in [-0.05, 0) is 32.0 Å². The van der Waals surface area contributed by atoms with Crippen LogP contribution in [0.1, 0.15) is 19.4 Å². The lowest BCUT2D eigenvalue weighted by atomic mass is 10.2. The number of ether oxygens (including phenoxy) is 1. The lowest BCUT2D eigenvalue weighted by Crippen LogP contribution is -2.24. The lowest BCUT2D eigenvalue weighted by Gasteiger charge is -2.22. The molecule has 0 saturated heterocycles. The molecule has 0 aliphatic heterocycles. The molecule has 0 atom stereocenters. The van der Waals surface area contributed by atoms with Crippen LogP contribution in [-0.2, 0) is 11.3 Å². The zero-order valence-electron chi connectivity index (χ0n) is 10.6. The second kappa shape index (κ2) is 6.99. The van der Waals surface area contributed by atoms with Gasteiger partial charge in [-0.25, -0.2) is 0 Å². The van der Waals surface area contributed by atoms with Gasteiger partial charge in [0.05, 0.1) is 19.3 Å². The number of likely N-dealkylation sites (N-methyl/N-ethyl adjacent to an activating group) is 1. The molecule has 0 aromatic heterocycles. The van der Waals surface area contributed by atoms with Crippen LogP contribution in [0.15, 0.2) is 22.7 Å². The number of benzene rings is 1. The van der Waals surface area contributed by atoms with Gasteiger partial charge in [0.25, 0.3) is 0 Å². The van der Waals surface area contributed by atoms with Crippen molar-refractivity contribution >= 4 is 21.6 Å². The summed E-state index contributed by atoms with van der Waals surface area (Å²) in [5, 5.41) is 9.33. The monoisotopic (exact) mass is 301 g/mol. The van der Waals surface area contributed by atoms with E-state index in [0.29, 0.717) is 6.61 Å². The second-order valence-corrected chi connectivity index (χ2v) is 5.19. The predicted molar refractivity (Wildman–Crippen MR) is 74.4 cm³/mol. The van der Waals surface area contributed by atoms with Gasteiger partial charge in [0.2, 0.25) is 0 Å². The summed E-state index contributed by atoms with van der Waals surface area (Å²) in [6.45, 7) is 5.60. The zero-order valence-corrected chi connectivity index (χ0v) is 12.2. The molecule has 0 spiro atoms. The van der Waals surface area contributed by atoms with Crippen LogP contribution in [-0.4, -0.2) is 31.4 Å². The van der Waals surface area contributed by atoms with E-state index >= 15 is 0 Å². The number of hydrogen-bond acceptors (Lipinski definition) is 3. The summed E-state index contributed by atoms with van der Waals surface area (Å²) in [5.74, 6) is 0. The Morgan fingerprint density at radius 2 is 2.12 bits per heavy atom. The smallest absolute Gasteiger partial charge is 0.0702 e.